The number of alkyl carbamates (subject to hydrolysis) is 1. The van der Waals surface area contributed by atoms with Crippen molar-refractivity contribution in [1.29, 1.82) is 0 Å². The lowest BCUT2D eigenvalue weighted by molar-refractivity contribution is -0.140. The highest BCUT2D eigenvalue weighted by Gasteiger charge is 2.38. The molecule has 0 fully saturated rings. The van der Waals surface area contributed by atoms with Crippen LogP contribution in [-0.4, -0.2) is 36.2 Å². The smallest absolute Gasteiger partial charge is 0.408 e. The van der Waals surface area contributed by atoms with Crippen LogP contribution < -0.4 is 15.4 Å². The first-order chi connectivity index (χ1) is 17.5. The van der Waals surface area contributed by atoms with Gasteiger partial charge in [-0.1, -0.05) is 63.3 Å². The summed E-state index contributed by atoms with van der Waals surface area (Å²) in [5.74, 6) is -12.8. The van der Waals surface area contributed by atoms with Crippen molar-refractivity contribution >= 4 is 18.0 Å². The molecular formula is C27H30F4N2O5. The summed E-state index contributed by atoms with van der Waals surface area (Å²) in [6.07, 6.45) is 10.7. The first kappa shape index (κ1) is 30.3. The first-order valence-electron chi connectivity index (χ1n) is 11.6. The number of carbonyl (C=O) groups excluding carboxylic acids is 3. The van der Waals surface area contributed by atoms with Crippen LogP contribution in [0.25, 0.3) is 0 Å². The zero-order valence-corrected chi connectivity index (χ0v) is 21.9. The van der Waals surface area contributed by atoms with E-state index < -0.39 is 69.6 Å². The Labute approximate surface area is 218 Å². The molecule has 0 aromatic heterocycles. The van der Waals surface area contributed by atoms with E-state index in [-0.39, 0.29) is 6.54 Å². The largest absolute Gasteiger partial charge is 0.444 e. The molecule has 38 heavy (non-hydrogen) atoms. The lowest BCUT2D eigenvalue weighted by atomic mass is 9.87. The third-order valence-corrected chi connectivity index (χ3v) is 4.93. The van der Waals surface area contributed by atoms with Crippen LogP contribution in [0.2, 0.25) is 0 Å². The lowest BCUT2D eigenvalue weighted by Gasteiger charge is -2.30. The molecule has 2 N–H and O–H groups in total. The Morgan fingerprint density at radius 3 is 1.95 bits per heavy atom. The van der Waals surface area contributed by atoms with Gasteiger partial charge in [0.15, 0.2) is 11.6 Å². The Morgan fingerprint density at radius 2 is 1.39 bits per heavy atom. The standard InChI is InChI=1S/C27H30F4N2O5/c1-26(2,3)22(33-25(36)38-27(4,5)6)24(35)37-21-19(30)17(28)16(18(29)20(21)31)23(34)32-14-15-12-10-8-7-9-11-13-15/h7-13,22H,14H2,1-6H3,(H,32,34)(H,33,36)/b8-7-,9-7?,10-8?,11-9-,12-10-,13-11?,15-12?,15-13+/t22-/m1/s1. The molecule has 0 saturated carbocycles. The maximum Gasteiger partial charge on any atom is 0.408 e. The molecule has 0 spiro atoms. The molecule has 2 amide bonds. The van der Waals surface area contributed by atoms with Gasteiger partial charge in [-0.2, -0.15) is 8.78 Å². The first-order valence-corrected chi connectivity index (χ1v) is 11.6. The Balaban J connectivity index is 2.30. The van der Waals surface area contributed by atoms with Crippen LogP contribution in [0.3, 0.4) is 0 Å². The molecule has 0 saturated heterocycles. The molecule has 0 bridgehead atoms. The van der Waals surface area contributed by atoms with Crippen molar-refractivity contribution in [1.82, 2.24) is 10.6 Å². The zero-order valence-electron chi connectivity index (χ0n) is 21.9. The number of amides is 2. The van der Waals surface area contributed by atoms with Gasteiger partial charge in [-0.25, -0.2) is 18.4 Å². The maximum absolute atomic E-state index is 14.8. The minimum Gasteiger partial charge on any atom is -0.444 e. The van der Waals surface area contributed by atoms with Crippen LogP contribution in [0.4, 0.5) is 22.4 Å². The van der Waals surface area contributed by atoms with E-state index in [1.165, 1.54) is 20.8 Å². The van der Waals surface area contributed by atoms with Crippen molar-refractivity contribution in [3.05, 3.63) is 76.9 Å². The van der Waals surface area contributed by atoms with Crippen molar-refractivity contribution in [3.8, 4) is 5.75 Å². The summed E-state index contributed by atoms with van der Waals surface area (Å²) in [6, 6.07) is -1.53. The number of allylic oxidation sites excluding steroid dienone is 6. The highest BCUT2D eigenvalue weighted by atomic mass is 19.2. The van der Waals surface area contributed by atoms with E-state index >= 15 is 0 Å². The molecule has 2 rings (SSSR count). The third-order valence-electron chi connectivity index (χ3n) is 4.93. The van der Waals surface area contributed by atoms with Crippen LogP contribution >= 0.6 is 0 Å². The predicted molar refractivity (Wildman–Crippen MR) is 132 cm³/mol. The van der Waals surface area contributed by atoms with E-state index in [0.29, 0.717) is 5.57 Å². The minimum atomic E-state index is -2.09. The van der Waals surface area contributed by atoms with Crippen molar-refractivity contribution in [2.24, 2.45) is 5.41 Å². The molecule has 7 nitrogen and oxygen atoms in total. The second kappa shape index (κ2) is 12.1. The van der Waals surface area contributed by atoms with Crippen LogP contribution in [0.15, 0.2) is 48.1 Å². The fourth-order valence-corrected chi connectivity index (χ4v) is 3.11. The topological polar surface area (TPSA) is 93.7 Å². The molecule has 1 aliphatic carbocycles. The van der Waals surface area contributed by atoms with Gasteiger partial charge in [-0.05, 0) is 31.8 Å². The molecule has 1 atom stereocenters. The van der Waals surface area contributed by atoms with Gasteiger partial charge >= 0.3 is 12.1 Å². The Bertz CT molecular complexity index is 1190. The summed E-state index contributed by atoms with van der Waals surface area (Å²) in [6.45, 7) is 9.04. The van der Waals surface area contributed by atoms with Gasteiger partial charge in [0.25, 0.3) is 5.91 Å². The molecule has 206 valence electrons. The molecule has 1 aliphatic rings. The summed E-state index contributed by atoms with van der Waals surface area (Å²) in [7, 11) is 0. The maximum atomic E-state index is 14.8. The Morgan fingerprint density at radius 1 is 0.842 bits per heavy atom. The number of carbonyl (C=O) groups is 3. The number of esters is 1. The van der Waals surface area contributed by atoms with Gasteiger partial charge in [0, 0.05) is 6.54 Å². The molecule has 1 aromatic rings. The summed E-state index contributed by atoms with van der Waals surface area (Å²) in [5.41, 5.74) is -2.97. The SMILES string of the molecule is CC(C)(C)OC(=O)N[C@H](C(=O)Oc1c(F)c(F)c(C(=O)NCC2=C/C=C\C=C/C=C\2)c(F)c1F)C(C)(C)C. The summed E-state index contributed by atoms with van der Waals surface area (Å²) in [4.78, 5) is 37.4. The monoisotopic (exact) mass is 538 g/mol. The van der Waals surface area contributed by atoms with Gasteiger partial charge in [0.05, 0.1) is 0 Å². The average Bonchev–Trinajstić information content (AvgIpc) is 2.76. The number of halogens is 4. The van der Waals surface area contributed by atoms with Gasteiger partial charge in [0.2, 0.25) is 17.4 Å². The fourth-order valence-electron chi connectivity index (χ4n) is 3.11. The Kier molecular flexibility index (Phi) is 9.66. The summed E-state index contributed by atoms with van der Waals surface area (Å²) >= 11 is 0. The predicted octanol–water partition coefficient (Wildman–Crippen LogP) is 5.43. The Hall–Kier alpha value is -3.89. The van der Waals surface area contributed by atoms with Gasteiger partial charge in [0.1, 0.15) is 17.2 Å². The van der Waals surface area contributed by atoms with Crippen molar-refractivity contribution in [2.45, 2.75) is 53.2 Å². The molecule has 11 heteroatoms. The van der Waals surface area contributed by atoms with Crippen molar-refractivity contribution < 1.29 is 41.4 Å². The molecule has 1 aromatic carbocycles. The number of hydrogen-bond acceptors (Lipinski definition) is 5. The van der Waals surface area contributed by atoms with Gasteiger partial charge in [-0.3, -0.25) is 4.79 Å². The van der Waals surface area contributed by atoms with Gasteiger partial charge < -0.3 is 20.1 Å². The number of hydrogen-bond donors (Lipinski definition) is 2. The second-order valence-electron chi connectivity index (χ2n) is 10.4. The molecular weight excluding hydrogens is 508 g/mol. The number of ether oxygens (including phenoxy) is 2. The normalized spacial score (nSPS) is 18.1. The van der Waals surface area contributed by atoms with Gasteiger partial charge in [-0.15, -0.1) is 0 Å². The summed E-state index contributed by atoms with van der Waals surface area (Å²) in [5, 5.41) is 4.43. The molecule has 0 radical (unpaired) electrons. The minimum absolute atomic E-state index is 0.198. The highest BCUT2D eigenvalue weighted by Crippen LogP contribution is 2.31. The number of rotatable bonds is 6. The van der Waals surface area contributed by atoms with Crippen LogP contribution in [0, 0.1) is 28.7 Å². The second-order valence-corrected chi connectivity index (χ2v) is 10.4. The highest BCUT2D eigenvalue weighted by molar-refractivity contribution is 5.95. The quantitative estimate of drug-likeness (QED) is 0.218. The zero-order chi connectivity index (χ0) is 28.8. The van der Waals surface area contributed by atoms with E-state index in [1.54, 1.807) is 63.3 Å². The van der Waals surface area contributed by atoms with Crippen LogP contribution in [-0.2, 0) is 9.53 Å². The van der Waals surface area contributed by atoms with Crippen molar-refractivity contribution in [3.63, 3.8) is 0 Å². The van der Waals surface area contributed by atoms with Crippen LogP contribution in [0.1, 0.15) is 51.9 Å². The number of nitrogens with one attached hydrogen (secondary N) is 2. The molecule has 0 aliphatic heterocycles. The van der Waals surface area contributed by atoms with Crippen molar-refractivity contribution in [2.75, 3.05) is 6.54 Å². The van der Waals surface area contributed by atoms with E-state index in [9.17, 15) is 31.9 Å². The number of benzene rings is 1. The van der Waals surface area contributed by atoms with E-state index in [2.05, 4.69) is 15.4 Å². The molecule has 0 heterocycles. The van der Waals surface area contributed by atoms with E-state index in [1.807, 2.05) is 0 Å². The van der Waals surface area contributed by atoms with Crippen LogP contribution in [0.5, 0.6) is 5.75 Å². The van der Waals surface area contributed by atoms with E-state index in [4.69, 9.17) is 4.74 Å². The molecule has 0 unspecified atom stereocenters. The summed E-state index contributed by atoms with van der Waals surface area (Å²) < 4.78 is 68.8. The fraction of sp³-hybridized carbons (Fsp3) is 0.370. The average molecular weight is 539 g/mol. The third kappa shape index (κ3) is 8.06. The lowest BCUT2D eigenvalue weighted by Crippen LogP contribution is -2.52. The van der Waals surface area contributed by atoms with E-state index in [0.717, 1.165) is 0 Å².